The fraction of sp³-hybridized carbons (Fsp3) is 0.208. The summed E-state index contributed by atoms with van der Waals surface area (Å²) >= 11 is 6.24. The maximum absolute atomic E-state index is 12.6. The van der Waals surface area contributed by atoms with Crippen molar-refractivity contribution >= 4 is 29.0 Å². The maximum atomic E-state index is 12.6. The topological polar surface area (TPSA) is 71.8 Å². The van der Waals surface area contributed by atoms with Gasteiger partial charge in [0.1, 0.15) is 17.4 Å². The number of methoxy groups -OCH3 is 1. The van der Waals surface area contributed by atoms with E-state index in [2.05, 4.69) is 20.3 Å². The largest absolute Gasteiger partial charge is 0.495 e. The zero-order valence-corrected chi connectivity index (χ0v) is 18.7. The molecule has 1 amide bonds. The number of nitrogens with zero attached hydrogens (tertiary/aromatic N) is 4. The summed E-state index contributed by atoms with van der Waals surface area (Å²) in [5, 5.41) is 7.94. The molecule has 2 aromatic carbocycles. The highest BCUT2D eigenvalue weighted by Gasteiger charge is 2.26. The number of hydrogen-bond donors (Lipinski definition) is 1. The molecule has 0 aliphatic carbocycles. The molecule has 4 aromatic rings. The zero-order chi connectivity index (χ0) is 23.2. The van der Waals surface area contributed by atoms with Crippen molar-refractivity contribution in [2.45, 2.75) is 12.5 Å². The molecule has 1 aliphatic rings. The lowest BCUT2D eigenvalue weighted by atomic mass is 10.1. The molecule has 0 radical (unpaired) electrons. The molecule has 0 saturated carbocycles. The van der Waals surface area contributed by atoms with Gasteiger partial charge in [-0.05, 0) is 42.8 Å². The molecule has 1 saturated heterocycles. The van der Waals surface area contributed by atoms with Gasteiger partial charge < -0.3 is 15.0 Å². The fourth-order valence-corrected chi connectivity index (χ4v) is 3.87. The number of fused-ring (bicyclic) bond motifs is 1. The van der Waals surface area contributed by atoms with E-state index in [4.69, 9.17) is 16.3 Å². The Balaban J connectivity index is 0.000000318. The molecule has 9 heteroatoms. The lowest BCUT2D eigenvalue weighted by Crippen LogP contribution is -2.37. The molecule has 0 unspecified atom stereocenters. The second kappa shape index (κ2) is 10.3. The lowest BCUT2D eigenvalue weighted by Gasteiger charge is -2.18. The van der Waals surface area contributed by atoms with Gasteiger partial charge in [0.15, 0.2) is 5.65 Å². The average Bonchev–Trinajstić information content (AvgIpc) is 3.49. The van der Waals surface area contributed by atoms with E-state index in [0.29, 0.717) is 22.9 Å². The maximum Gasteiger partial charge on any atom is 0.253 e. The number of aromatic nitrogens is 3. The Morgan fingerprint density at radius 1 is 1.15 bits per heavy atom. The van der Waals surface area contributed by atoms with E-state index in [9.17, 15) is 9.18 Å². The standard InChI is InChI=1S/C18H18ClN5O2.C6H5F/c1-26-14-4-2-3-13(17(14)19)18(25)21-12-7-9-23(11-12)16-6-5-15-20-8-10-24(15)22-16;7-6-4-2-1-3-5-6/h2-6,8,10,12H,7,9,11H2,1H3,(H,21,25);1-5H/t12-;/m0./s1. The first kappa shape index (κ1) is 22.5. The number of imidazole rings is 1. The molecular weight excluding hydrogens is 445 g/mol. The molecule has 33 heavy (non-hydrogen) atoms. The number of ether oxygens (including phenoxy) is 1. The summed E-state index contributed by atoms with van der Waals surface area (Å²) in [5.74, 6) is 0.984. The molecule has 1 atom stereocenters. The van der Waals surface area contributed by atoms with Gasteiger partial charge in [0.2, 0.25) is 0 Å². The molecular formula is C24H23ClFN5O2. The van der Waals surface area contributed by atoms with Crippen LogP contribution in [0.25, 0.3) is 5.65 Å². The van der Waals surface area contributed by atoms with Crippen molar-refractivity contribution in [3.63, 3.8) is 0 Å². The van der Waals surface area contributed by atoms with E-state index in [1.807, 2.05) is 18.3 Å². The van der Waals surface area contributed by atoms with Gasteiger partial charge in [-0.15, -0.1) is 5.10 Å². The number of carbonyl (C=O) groups is 1. The lowest BCUT2D eigenvalue weighted by molar-refractivity contribution is 0.0940. The van der Waals surface area contributed by atoms with E-state index in [1.165, 1.54) is 19.2 Å². The SMILES string of the molecule is COc1cccc(C(=O)N[C@H]2CCN(c3ccc4nccn4n3)C2)c1Cl.Fc1ccccc1. The van der Waals surface area contributed by atoms with Crippen LogP contribution >= 0.6 is 11.6 Å². The molecule has 1 aliphatic heterocycles. The van der Waals surface area contributed by atoms with Gasteiger partial charge in [0.05, 0.1) is 17.7 Å². The van der Waals surface area contributed by atoms with E-state index in [1.54, 1.807) is 47.1 Å². The number of benzene rings is 2. The number of anilines is 1. The van der Waals surface area contributed by atoms with Crippen LogP contribution in [0.4, 0.5) is 10.2 Å². The van der Waals surface area contributed by atoms with Crippen LogP contribution in [0.1, 0.15) is 16.8 Å². The number of halogens is 2. The minimum absolute atomic E-state index is 0.0325. The predicted octanol–water partition coefficient (Wildman–Crippen LogP) is 4.23. The van der Waals surface area contributed by atoms with Crippen molar-refractivity contribution in [2.24, 2.45) is 0 Å². The second-order valence-corrected chi connectivity index (χ2v) is 7.82. The van der Waals surface area contributed by atoms with E-state index in [-0.39, 0.29) is 17.8 Å². The Kier molecular flexibility index (Phi) is 7.04. The van der Waals surface area contributed by atoms with E-state index in [0.717, 1.165) is 24.4 Å². The highest BCUT2D eigenvalue weighted by Crippen LogP contribution is 2.28. The van der Waals surface area contributed by atoms with Crippen LogP contribution in [0.2, 0.25) is 5.02 Å². The van der Waals surface area contributed by atoms with E-state index < -0.39 is 0 Å². The third-order valence-electron chi connectivity index (χ3n) is 5.25. The van der Waals surface area contributed by atoms with Crippen LogP contribution in [0.5, 0.6) is 5.75 Å². The van der Waals surface area contributed by atoms with Gasteiger partial charge in [-0.1, -0.05) is 35.9 Å². The summed E-state index contributed by atoms with van der Waals surface area (Å²) in [6, 6.07) is 17.0. The zero-order valence-electron chi connectivity index (χ0n) is 18.0. The number of amides is 1. The second-order valence-electron chi connectivity index (χ2n) is 7.44. The summed E-state index contributed by atoms with van der Waals surface area (Å²) < 4.78 is 18.8. The molecule has 1 N–H and O–H groups in total. The van der Waals surface area contributed by atoms with E-state index >= 15 is 0 Å². The molecule has 1 fully saturated rings. The monoisotopic (exact) mass is 467 g/mol. The van der Waals surface area contributed by atoms with Gasteiger partial charge in [0.25, 0.3) is 5.91 Å². The summed E-state index contributed by atoms with van der Waals surface area (Å²) in [6.07, 6.45) is 4.38. The minimum Gasteiger partial charge on any atom is -0.495 e. The fourth-order valence-electron chi connectivity index (χ4n) is 3.58. The van der Waals surface area contributed by atoms with Crippen molar-refractivity contribution in [3.05, 3.63) is 89.5 Å². The summed E-state index contributed by atoms with van der Waals surface area (Å²) in [6.45, 7) is 1.52. The van der Waals surface area contributed by atoms with Gasteiger partial charge >= 0.3 is 0 Å². The molecule has 170 valence electrons. The highest BCUT2D eigenvalue weighted by molar-refractivity contribution is 6.35. The van der Waals surface area contributed by atoms with Gasteiger partial charge in [0, 0.05) is 31.5 Å². The first-order chi connectivity index (χ1) is 16.0. The summed E-state index contributed by atoms with van der Waals surface area (Å²) in [4.78, 5) is 18.9. The van der Waals surface area contributed by atoms with Crippen LogP contribution < -0.4 is 15.0 Å². The Hall–Kier alpha value is -3.65. The van der Waals surface area contributed by atoms with Crippen molar-refractivity contribution < 1.29 is 13.9 Å². The van der Waals surface area contributed by atoms with Crippen molar-refractivity contribution in [2.75, 3.05) is 25.1 Å². The highest BCUT2D eigenvalue weighted by atomic mass is 35.5. The van der Waals surface area contributed by atoms with Crippen LogP contribution in [-0.2, 0) is 0 Å². The molecule has 5 rings (SSSR count). The summed E-state index contributed by atoms with van der Waals surface area (Å²) in [5.41, 5.74) is 1.23. The van der Waals surface area contributed by atoms with Crippen LogP contribution in [-0.4, -0.2) is 46.7 Å². The number of rotatable bonds is 4. The van der Waals surface area contributed by atoms with Gasteiger partial charge in [-0.2, -0.15) is 0 Å². The third kappa shape index (κ3) is 5.40. The van der Waals surface area contributed by atoms with Gasteiger partial charge in [-0.25, -0.2) is 13.9 Å². The number of carbonyl (C=O) groups excluding carboxylic acids is 1. The molecule has 3 heterocycles. The first-order valence-electron chi connectivity index (χ1n) is 10.4. The smallest absolute Gasteiger partial charge is 0.253 e. The Morgan fingerprint density at radius 2 is 1.97 bits per heavy atom. The molecule has 0 bridgehead atoms. The normalized spacial score (nSPS) is 15.1. The van der Waals surface area contributed by atoms with Crippen LogP contribution in [0.3, 0.4) is 0 Å². The van der Waals surface area contributed by atoms with Crippen molar-refractivity contribution in [3.8, 4) is 5.75 Å². The summed E-state index contributed by atoms with van der Waals surface area (Å²) in [7, 11) is 1.53. The average molecular weight is 468 g/mol. The van der Waals surface area contributed by atoms with Gasteiger partial charge in [-0.3, -0.25) is 4.79 Å². The van der Waals surface area contributed by atoms with Crippen LogP contribution in [0, 0.1) is 5.82 Å². The number of hydrogen-bond acceptors (Lipinski definition) is 5. The number of nitrogens with one attached hydrogen (secondary N) is 1. The molecule has 7 nitrogen and oxygen atoms in total. The predicted molar refractivity (Wildman–Crippen MR) is 125 cm³/mol. The minimum atomic E-state index is -0.196. The van der Waals surface area contributed by atoms with Crippen molar-refractivity contribution in [1.29, 1.82) is 0 Å². The Labute approximate surface area is 195 Å². The van der Waals surface area contributed by atoms with Crippen LogP contribution in [0.15, 0.2) is 73.1 Å². The molecule has 2 aromatic heterocycles. The quantitative estimate of drug-likeness (QED) is 0.486. The third-order valence-corrected chi connectivity index (χ3v) is 5.64. The Morgan fingerprint density at radius 3 is 2.70 bits per heavy atom. The Bertz CT molecular complexity index is 1230. The molecule has 0 spiro atoms. The first-order valence-corrected chi connectivity index (χ1v) is 10.8. The van der Waals surface area contributed by atoms with Crippen molar-refractivity contribution in [1.82, 2.24) is 19.9 Å².